The van der Waals surface area contributed by atoms with Gasteiger partial charge in [-0.15, -0.1) is 0 Å². The average Bonchev–Trinajstić information content (AvgIpc) is 3.56. The number of para-hydroxylation sites is 1. The Morgan fingerprint density at radius 2 is 1.52 bits per heavy atom. The monoisotopic (exact) mass is 559 g/mol. The summed E-state index contributed by atoms with van der Waals surface area (Å²) >= 11 is 0. The van der Waals surface area contributed by atoms with Gasteiger partial charge in [0.1, 0.15) is 12.1 Å². The third-order valence-electron chi connectivity index (χ3n) is 8.76. The Kier molecular flexibility index (Phi) is 6.17. The first-order valence-corrected chi connectivity index (χ1v) is 14.2. The van der Waals surface area contributed by atoms with E-state index >= 15 is 0 Å². The first-order chi connectivity index (χ1) is 20.5. The lowest BCUT2D eigenvalue weighted by molar-refractivity contribution is -0.142. The molecule has 210 valence electrons. The zero-order valence-electron chi connectivity index (χ0n) is 23.0. The quantitative estimate of drug-likeness (QED) is 0.284. The summed E-state index contributed by atoms with van der Waals surface area (Å²) < 4.78 is 5.18. The summed E-state index contributed by atoms with van der Waals surface area (Å²) in [6.07, 6.45) is 0.444. The SMILES string of the molecule is CCOC(=O)CN1C(=O)[C@]2(N[C@H](Cc3ccccc3)[C@@H]3C(=O)N(c4cccc5ccccc45)C(=O)[C@@H]32)c2ccccc21. The van der Waals surface area contributed by atoms with Crippen molar-refractivity contribution in [3.8, 4) is 0 Å². The number of amides is 3. The summed E-state index contributed by atoms with van der Waals surface area (Å²) in [6, 6.07) is 29.6. The van der Waals surface area contributed by atoms with Crippen LogP contribution in [0.25, 0.3) is 10.8 Å². The molecule has 8 heteroatoms. The van der Waals surface area contributed by atoms with Crippen LogP contribution in [0.2, 0.25) is 0 Å². The van der Waals surface area contributed by atoms with Gasteiger partial charge in [0.15, 0.2) is 0 Å². The topological polar surface area (TPSA) is 96.0 Å². The molecule has 0 radical (unpaired) electrons. The summed E-state index contributed by atoms with van der Waals surface area (Å²) in [4.78, 5) is 58.8. The molecule has 3 aliphatic rings. The van der Waals surface area contributed by atoms with Gasteiger partial charge in [-0.1, -0.05) is 84.9 Å². The van der Waals surface area contributed by atoms with Crippen LogP contribution in [-0.2, 0) is 35.9 Å². The summed E-state index contributed by atoms with van der Waals surface area (Å²) in [6.45, 7) is 1.60. The highest BCUT2D eigenvalue weighted by molar-refractivity contribution is 6.28. The average molecular weight is 560 g/mol. The number of hydrogen-bond acceptors (Lipinski definition) is 6. The van der Waals surface area contributed by atoms with Crippen LogP contribution in [0.4, 0.5) is 11.4 Å². The highest BCUT2D eigenvalue weighted by Crippen LogP contribution is 2.55. The highest BCUT2D eigenvalue weighted by atomic mass is 16.5. The van der Waals surface area contributed by atoms with Crippen molar-refractivity contribution in [1.82, 2.24) is 5.32 Å². The lowest BCUT2D eigenvalue weighted by atomic mass is 9.76. The van der Waals surface area contributed by atoms with E-state index in [1.54, 1.807) is 25.1 Å². The van der Waals surface area contributed by atoms with Crippen LogP contribution >= 0.6 is 0 Å². The Hall–Kier alpha value is -4.82. The van der Waals surface area contributed by atoms with E-state index < -0.39 is 41.2 Å². The van der Waals surface area contributed by atoms with Crippen LogP contribution in [0.3, 0.4) is 0 Å². The number of anilines is 2. The molecular formula is C34H29N3O5. The second-order valence-electron chi connectivity index (χ2n) is 11.0. The number of fused-ring (bicyclic) bond motifs is 5. The first kappa shape index (κ1) is 26.1. The van der Waals surface area contributed by atoms with Crippen LogP contribution in [0.1, 0.15) is 18.1 Å². The van der Waals surface area contributed by atoms with E-state index in [0.717, 1.165) is 16.3 Å². The fraction of sp³-hybridized carbons (Fsp3) is 0.235. The summed E-state index contributed by atoms with van der Waals surface area (Å²) in [7, 11) is 0. The van der Waals surface area contributed by atoms with Crippen molar-refractivity contribution in [2.75, 3.05) is 23.0 Å². The minimum absolute atomic E-state index is 0.183. The van der Waals surface area contributed by atoms with Crippen molar-refractivity contribution in [1.29, 1.82) is 0 Å². The molecule has 0 unspecified atom stereocenters. The van der Waals surface area contributed by atoms with Gasteiger partial charge in [-0.05, 0) is 36.4 Å². The molecule has 2 fully saturated rings. The molecule has 0 aromatic heterocycles. The Balaban J connectivity index is 1.39. The van der Waals surface area contributed by atoms with Crippen LogP contribution < -0.4 is 15.1 Å². The molecule has 8 nitrogen and oxygen atoms in total. The fourth-order valence-corrected chi connectivity index (χ4v) is 7.12. The van der Waals surface area contributed by atoms with Gasteiger partial charge in [0.2, 0.25) is 11.8 Å². The minimum Gasteiger partial charge on any atom is -0.465 e. The molecule has 3 aliphatic heterocycles. The maximum Gasteiger partial charge on any atom is 0.326 e. The molecule has 7 rings (SSSR count). The van der Waals surface area contributed by atoms with Crippen LogP contribution in [0.5, 0.6) is 0 Å². The van der Waals surface area contributed by atoms with Gasteiger partial charge in [-0.3, -0.25) is 29.4 Å². The van der Waals surface area contributed by atoms with E-state index in [2.05, 4.69) is 5.32 Å². The van der Waals surface area contributed by atoms with E-state index in [0.29, 0.717) is 23.4 Å². The van der Waals surface area contributed by atoms with Crippen LogP contribution in [-0.4, -0.2) is 42.9 Å². The minimum atomic E-state index is -1.51. The predicted molar refractivity (Wildman–Crippen MR) is 158 cm³/mol. The molecule has 0 aliphatic carbocycles. The summed E-state index contributed by atoms with van der Waals surface area (Å²) in [5.74, 6) is -3.52. The van der Waals surface area contributed by atoms with Gasteiger partial charge in [0.05, 0.1) is 24.1 Å². The normalized spacial score (nSPS) is 24.5. The number of carbonyl (C=O) groups excluding carboxylic acids is 4. The first-order valence-electron chi connectivity index (χ1n) is 14.2. The molecular weight excluding hydrogens is 530 g/mol. The van der Waals surface area contributed by atoms with E-state index in [1.807, 2.05) is 78.9 Å². The molecule has 4 aromatic carbocycles. The smallest absolute Gasteiger partial charge is 0.326 e. The maximum absolute atomic E-state index is 14.6. The second-order valence-corrected chi connectivity index (χ2v) is 11.0. The second kappa shape index (κ2) is 9.92. The van der Waals surface area contributed by atoms with Crippen LogP contribution in [0, 0.1) is 11.8 Å². The van der Waals surface area contributed by atoms with E-state index in [4.69, 9.17) is 4.74 Å². The van der Waals surface area contributed by atoms with Gasteiger partial charge in [0.25, 0.3) is 5.91 Å². The molecule has 0 saturated carbocycles. The third-order valence-corrected chi connectivity index (χ3v) is 8.76. The Morgan fingerprint density at radius 3 is 2.33 bits per heavy atom. The Labute approximate surface area is 242 Å². The van der Waals surface area contributed by atoms with Crippen molar-refractivity contribution in [2.45, 2.75) is 24.9 Å². The summed E-state index contributed by atoms with van der Waals surface area (Å²) in [5.41, 5.74) is 1.10. The van der Waals surface area contributed by atoms with Crippen molar-refractivity contribution in [2.24, 2.45) is 11.8 Å². The largest absolute Gasteiger partial charge is 0.465 e. The van der Waals surface area contributed by atoms with Crippen LogP contribution in [0.15, 0.2) is 97.1 Å². The van der Waals surface area contributed by atoms with E-state index in [-0.39, 0.29) is 19.1 Å². The van der Waals surface area contributed by atoms with Crippen molar-refractivity contribution < 1.29 is 23.9 Å². The highest BCUT2D eigenvalue weighted by Gasteiger charge is 2.71. The van der Waals surface area contributed by atoms with Gasteiger partial charge >= 0.3 is 5.97 Å². The number of nitrogens with one attached hydrogen (secondary N) is 1. The third kappa shape index (κ3) is 3.72. The predicted octanol–water partition coefficient (Wildman–Crippen LogP) is 3.97. The Morgan fingerprint density at radius 1 is 0.833 bits per heavy atom. The van der Waals surface area contributed by atoms with Gasteiger partial charge in [-0.2, -0.15) is 0 Å². The lowest BCUT2D eigenvalue weighted by Crippen LogP contribution is -2.56. The number of hydrogen-bond donors (Lipinski definition) is 1. The van der Waals surface area contributed by atoms with Crippen molar-refractivity contribution >= 4 is 45.8 Å². The standard InChI is InChI=1S/C34H29N3O5/c1-2-42-28(38)20-36-27-17-9-8-16-24(27)34(33(36)41)30-29(25(35-34)19-21-11-4-3-5-12-21)31(39)37(32(30)40)26-18-10-14-22-13-6-7-15-23(22)26/h3-18,25,29-30,35H,2,19-20H2,1H3/t25-,29+,30-,34+/m1/s1. The van der Waals surface area contributed by atoms with Crippen molar-refractivity contribution in [3.05, 3.63) is 108 Å². The van der Waals surface area contributed by atoms with E-state index in [1.165, 1.54) is 9.80 Å². The number of benzene rings is 4. The number of imide groups is 1. The van der Waals surface area contributed by atoms with Gasteiger partial charge in [0, 0.05) is 22.7 Å². The zero-order chi connectivity index (χ0) is 29.0. The Bertz CT molecular complexity index is 1750. The molecule has 3 amide bonds. The molecule has 2 saturated heterocycles. The number of nitrogens with zero attached hydrogens (tertiary/aromatic N) is 2. The fourth-order valence-electron chi connectivity index (χ4n) is 7.12. The maximum atomic E-state index is 14.6. The molecule has 3 heterocycles. The molecule has 4 aromatic rings. The number of carbonyl (C=O) groups is 4. The number of ether oxygens (including phenoxy) is 1. The molecule has 1 N–H and O–H groups in total. The molecule has 42 heavy (non-hydrogen) atoms. The van der Waals surface area contributed by atoms with Gasteiger partial charge < -0.3 is 4.74 Å². The molecule has 0 bridgehead atoms. The number of rotatable bonds is 6. The van der Waals surface area contributed by atoms with E-state index in [9.17, 15) is 19.2 Å². The summed E-state index contributed by atoms with van der Waals surface area (Å²) in [5, 5.41) is 5.21. The molecule has 4 atom stereocenters. The lowest BCUT2D eigenvalue weighted by Gasteiger charge is -2.30. The van der Waals surface area contributed by atoms with Gasteiger partial charge in [-0.25, -0.2) is 4.90 Å². The zero-order valence-corrected chi connectivity index (χ0v) is 23.0. The number of esters is 1. The van der Waals surface area contributed by atoms with Crippen molar-refractivity contribution in [3.63, 3.8) is 0 Å². The molecule has 1 spiro atoms.